The van der Waals surface area contributed by atoms with Crippen LogP contribution in [0.1, 0.15) is 13.8 Å². The molecular weight excluding hydrogens is 188 g/mol. The fraction of sp³-hybridized carbons (Fsp3) is 0.333. The molecule has 0 saturated carbocycles. The predicted molar refractivity (Wildman–Crippen MR) is 50.8 cm³/mol. The minimum Gasteiger partial charge on any atom is -0.463 e. The van der Waals surface area contributed by atoms with Crippen molar-refractivity contribution in [3.8, 4) is 0 Å². The topological polar surface area (TPSA) is 72.8 Å². The SMILES string of the molecule is C=C(C)C(=O)OCC.C=COC(=O)O. The Morgan fingerprint density at radius 2 is 2.00 bits per heavy atom. The fourth-order valence-corrected chi connectivity index (χ4v) is 0.326. The van der Waals surface area contributed by atoms with E-state index in [-0.39, 0.29) is 5.97 Å². The average Bonchev–Trinajstić information content (AvgIpc) is 2.05. The molecule has 5 heteroatoms. The number of carbonyl (C=O) groups is 2. The molecule has 14 heavy (non-hydrogen) atoms. The van der Waals surface area contributed by atoms with E-state index in [0.717, 1.165) is 6.26 Å². The van der Waals surface area contributed by atoms with Gasteiger partial charge >= 0.3 is 12.1 Å². The van der Waals surface area contributed by atoms with Crippen molar-refractivity contribution in [2.75, 3.05) is 6.61 Å². The molecule has 0 aromatic rings. The highest BCUT2D eigenvalue weighted by Gasteiger charge is 1.98. The molecule has 0 aromatic heterocycles. The molecule has 0 fully saturated rings. The summed E-state index contributed by atoms with van der Waals surface area (Å²) in [4.78, 5) is 19.7. The summed E-state index contributed by atoms with van der Waals surface area (Å²) >= 11 is 0. The van der Waals surface area contributed by atoms with Crippen LogP contribution in [-0.2, 0) is 14.3 Å². The first-order valence-corrected chi connectivity index (χ1v) is 3.78. The van der Waals surface area contributed by atoms with E-state index in [1.54, 1.807) is 13.8 Å². The van der Waals surface area contributed by atoms with Gasteiger partial charge < -0.3 is 14.6 Å². The summed E-state index contributed by atoms with van der Waals surface area (Å²) in [6.45, 7) is 10.2. The van der Waals surface area contributed by atoms with Gasteiger partial charge in [-0.15, -0.1) is 0 Å². The second-order valence-corrected chi connectivity index (χ2v) is 2.05. The van der Waals surface area contributed by atoms with Gasteiger partial charge in [-0.2, -0.15) is 0 Å². The molecule has 0 atom stereocenters. The highest BCUT2D eigenvalue weighted by atomic mass is 16.7. The van der Waals surface area contributed by atoms with Crippen LogP contribution >= 0.6 is 0 Å². The third kappa shape index (κ3) is 12.9. The Balaban J connectivity index is 0. The van der Waals surface area contributed by atoms with E-state index in [1.165, 1.54) is 0 Å². The van der Waals surface area contributed by atoms with Crippen LogP contribution in [-0.4, -0.2) is 23.8 Å². The second-order valence-electron chi connectivity index (χ2n) is 2.05. The standard InChI is InChI=1S/C6H10O2.C3H4O3/c1-4-8-6(7)5(2)3;1-2-6-3(4)5/h2,4H2,1,3H3;2H,1H2,(H,4,5). The Morgan fingerprint density at radius 3 is 2.07 bits per heavy atom. The first-order valence-electron chi connectivity index (χ1n) is 3.78. The molecule has 0 spiro atoms. The smallest absolute Gasteiger partial charge is 0.463 e. The van der Waals surface area contributed by atoms with Gasteiger partial charge in [0, 0.05) is 5.57 Å². The summed E-state index contributed by atoms with van der Waals surface area (Å²) in [7, 11) is 0. The normalized spacial score (nSPS) is 7.57. The minimum atomic E-state index is -1.33. The third-order valence-electron chi connectivity index (χ3n) is 0.808. The van der Waals surface area contributed by atoms with Gasteiger partial charge in [0.1, 0.15) is 0 Å². The van der Waals surface area contributed by atoms with Crippen LogP contribution in [0, 0.1) is 0 Å². The Labute approximate surface area is 82.6 Å². The maximum Gasteiger partial charge on any atom is 0.510 e. The maximum atomic E-state index is 10.4. The summed E-state index contributed by atoms with van der Waals surface area (Å²) in [5, 5.41) is 7.62. The summed E-state index contributed by atoms with van der Waals surface area (Å²) in [6.07, 6.45) is -0.479. The number of carbonyl (C=O) groups excluding carboxylic acids is 1. The van der Waals surface area contributed by atoms with Gasteiger partial charge in [-0.3, -0.25) is 0 Å². The first kappa shape index (κ1) is 14.7. The summed E-state index contributed by atoms with van der Waals surface area (Å²) in [5.41, 5.74) is 0.451. The summed E-state index contributed by atoms with van der Waals surface area (Å²) in [5.74, 6) is -0.312. The maximum absolute atomic E-state index is 10.4. The van der Waals surface area contributed by atoms with Gasteiger partial charge in [-0.05, 0) is 13.8 Å². The largest absolute Gasteiger partial charge is 0.510 e. The van der Waals surface area contributed by atoms with E-state index in [4.69, 9.17) is 5.11 Å². The molecule has 0 amide bonds. The monoisotopic (exact) mass is 202 g/mol. The van der Waals surface area contributed by atoms with Gasteiger partial charge in [-0.1, -0.05) is 13.2 Å². The lowest BCUT2D eigenvalue weighted by atomic mass is 10.4. The molecular formula is C9H14O5. The highest BCUT2D eigenvalue weighted by molar-refractivity contribution is 5.86. The van der Waals surface area contributed by atoms with Crippen LogP contribution in [0.3, 0.4) is 0 Å². The number of esters is 1. The van der Waals surface area contributed by atoms with Crippen molar-refractivity contribution in [3.63, 3.8) is 0 Å². The lowest BCUT2D eigenvalue weighted by molar-refractivity contribution is -0.138. The van der Waals surface area contributed by atoms with Crippen molar-refractivity contribution < 1.29 is 24.2 Å². The summed E-state index contributed by atoms with van der Waals surface area (Å²) < 4.78 is 8.29. The molecule has 0 saturated heterocycles. The van der Waals surface area contributed by atoms with Crippen LogP contribution in [0.25, 0.3) is 0 Å². The van der Waals surface area contributed by atoms with E-state index < -0.39 is 6.16 Å². The van der Waals surface area contributed by atoms with Crippen molar-refractivity contribution >= 4 is 12.1 Å². The van der Waals surface area contributed by atoms with Crippen LogP contribution in [0.15, 0.2) is 25.0 Å². The molecule has 5 nitrogen and oxygen atoms in total. The lowest BCUT2D eigenvalue weighted by Gasteiger charge is -1.96. The van der Waals surface area contributed by atoms with Crippen molar-refractivity contribution in [1.82, 2.24) is 0 Å². The Bertz CT molecular complexity index is 219. The quantitative estimate of drug-likeness (QED) is 0.430. The van der Waals surface area contributed by atoms with Gasteiger partial charge in [0.15, 0.2) is 0 Å². The number of rotatable bonds is 3. The zero-order valence-electron chi connectivity index (χ0n) is 8.28. The fourth-order valence-electron chi connectivity index (χ4n) is 0.326. The molecule has 0 aromatic carbocycles. The minimum absolute atomic E-state index is 0.312. The molecule has 0 bridgehead atoms. The van der Waals surface area contributed by atoms with Crippen LogP contribution in [0.4, 0.5) is 4.79 Å². The van der Waals surface area contributed by atoms with Gasteiger partial charge in [-0.25, -0.2) is 9.59 Å². The number of carboxylic acid groups (broad SMARTS) is 1. The zero-order valence-corrected chi connectivity index (χ0v) is 8.28. The molecule has 0 aliphatic heterocycles. The molecule has 1 N–H and O–H groups in total. The molecule has 0 aliphatic rings. The van der Waals surface area contributed by atoms with E-state index >= 15 is 0 Å². The third-order valence-corrected chi connectivity index (χ3v) is 0.808. The van der Waals surface area contributed by atoms with Crippen molar-refractivity contribution in [1.29, 1.82) is 0 Å². The van der Waals surface area contributed by atoms with Crippen LogP contribution in [0.2, 0.25) is 0 Å². The molecule has 0 aliphatic carbocycles. The molecule has 0 heterocycles. The van der Waals surface area contributed by atoms with Gasteiger partial charge in [0.05, 0.1) is 12.9 Å². The lowest BCUT2D eigenvalue weighted by Crippen LogP contribution is -2.03. The van der Waals surface area contributed by atoms with Crippen LogP contribution < -0.4 is 0 Å². The highest BCUT2D eigenvalue weighted by Crippen LogP contribution is 1.89. The molecule has 0 unspecified atom stereocenters. The van der Waals surface area contributed by atoms with Crippen LogP contribution in [0.5, 0.6) is 0 Å². The molecule has 0 radical (unpaired) electrons. The predicted octanol–water partition coefficient (Wildman–Crippen LogP) is 1.95. The first-order chi connectivity index (χ1) is 6.45. The average molecular weight is 202 g/mol. The Morgan fingerprint density at radius 1 is 1.50 bits per heavy atom. The van der Waals surface area contributed by atoms with E-state index in [2.05, 4.69) is 22.6 Å². The van der Waals surface area contributed by atoms with E-state index in [9.17, 15) is 9.59 Å². The molecule has 0 rings (SSSR count). The number of hydrogen-bond acceptors (Lipinski definition) is 4. The van der Waals surface area contributed by atoms with E-state index in [1.807, 2.05) is 0 Å². The Hall–Kier alpha value is -1.78. The molecule has 80 valence electrons. The Kier molecular flexibility index (Phi) is 9.79. The van der Waals surface area contributed by atoms with Crippen molar-refractivity contribution in [2.24, 2.45) is 0 Å². The van der Waals surface area contributed by atoms with Gasteiger partial charge in [0.2, 0.25) is 0 Å². The summed E-state index contributed by atoms with van der Waals surface area (Å²) in [6, 6.07) is 0. The van der Waals surface area contributed by atoms with Crippen molar-refractivity contribution in [2.45, 2.75) is 13.8 Å². The number of hydrogen-bond donors (Lipinski definition) is 1. The second kappa shape index (κ2) is 9.31. The van der Waals surface area contributed by atoms with Crippen molar-refractivity contribution in [3.05, 3.63) is 25.0 Å². The van der Waals surface area contributed by atoms with Gasteiger partial charge in [0.25, 0.3) is 0 Å². The zero-order chi connectivity index (χ0) is 11.6. The van der Waals surface area contributed by atoms with E-state index in [0.29, 0.717) is 12.2 Å². The number of ether oxygens (including phenoxy) is 2.